The lowest BCUT2D eigenvalue weighted by molar-refractivity contribution is -0.139. The number of hydrogen-bond donors (Lipinski definition) is 0. The van der Waals surface area contributed by atoms with E-state index in [9.17, 15) is 9.59 Å². The van der Waals surface area contributed by atoms with Crippen LogP contribution in [0.2, 0.25) is 5.02 Å². The van der Waals surface area contributed by atoms with Crippen LogP contribution in [-0.2, 0) is 9.59 Å². The summed E-state index contributed by atoms with van der Waals surface area (Å²) in [6.45, 7) is 4.15. The van der Waals surface area contributed by atoms with Gasteiger partial charge in [-0.05, 0) is 24.0 Å². The molecule has 21 heavy (non-hydrogen) atoms. The van der Waals surface area contributed by atoms with Crippen LogP contribution < -0.4 is 0 Å². The van der Waals surface area contributed by atoms with E-state index in [-0.39, 0.29) is 23.7 Å². The zero-order valence-corrected chi connectivity index (χ0v) is 12.8. The molecule has 1 aliphatic carbocycles. The number of piperazine rings is 1. The molecule has 2 unspecified atom stereocenters. The Morgan fingerprint density at radius 2 is 1.71 bits per heavy atom. The first-order valence-corrected chi connectivity index (χ1v) is 7.74. The monoisotopic (exact) mass is 306 g/mol. The summed E-state index contributed by atoms with van der Waals surface area (Å²) < 4.78 is 0. The molecule has 2 aliphatic rings. The third kappa shape index (κ3) is 2.91. The van der Waals surface area contributed by atoms with Gasteiger partial charge in [-0.15, -0.1) is 0 Å². The van der Waals surface area contributed by atoms with E-state index < -0.39 is 0 Å². The predicted octanol–water partition coefficient (Wildman–Crippen LogP) is 2.13. The van der Waals surface area contributed by atoms with Crippen LogP contribution in [0, 0.1) is 5.92 Å². The molecule has 0 aromatic heterocycles. The second-order valence-corrected chi connectivity index (χ2v) is 6.21. The summed E-state index contributed by atoms with van der Waals surface area (Å²) in [4.78, 5) is 27.5. The first-order valence-electron chi connectivity index (χ1n) is 7.36. The van der Waals surface area contributed by atoms with Crippen LogP contribution in [0.25, 0.3) is 0 Å². The van der Waals surface area contributed by atoms with Crippen molar-refractivity contribution < 1.29 is 9.59 Å². The molecule has 5 heteroatoms. The Morgan fingerprint density at radius 1 is 1.10 bits per heavy atom. The Hall–Kier alpha value is -1.55. The molecular formula is C16H19ClN2O2. The lowest BCUT2D eigenvalue weighted by atomic mass is 10.1. The Bertz CT molecular complexity index is 567. The van der Waals surface area contributed by atoms with Gasteiger partial charge in [-0.3, -0.25) is 9.59 Å². The zero-order valence-electron chi connectivity index (χ0n) is 12.1. The lowest BCUT2D eigenvalue weighted by Crippen LogP contribution is -2.50. The summed E-state index contributed by atoms with van der Waals surface area (Å²) >= 11 is 6.20. The van der Waals surface area contributed by atoms with Gasteiger partial charge in [0, 0.05) is 44.0 Å². The largest absolute Gasteiger partial charge is 0.339 e. The van der Waals surface area contributed by atoms with Crippen molar-refractivity contribution in [2.45, 2.75) is 19.3 Å². The number of carbonyl (C=O) groups is 2. The molecule has 0 bridgehead atoms. The Balaban J connectivity index is 1.59. The van der Waals surface area contributed by atoms with Crippen molar-refractivity contribution in [2.75, 3.05) is 26.2 Å². The summed E-state index contributed by atoms with van der Waals surface area (Å²) in [7, 11) is 0. The third-order valence-corrected chi connectivity index (χ3v) is 4.79. The van der Waals surface area contributed by atoms with E-state index in [1.165, 1.54) is 0 Å². The topological polar surface area (TPSA) is 40.6 Å². The molecule has 3 rings (SSSR count). The molecule has 1 saturated heterocycles. The van der Waals surface area contributed by atoms with E-state index in [1.807, 2.05) is 29.2 Å². The average molecular weight is 307 g/mol. The first kappa shape index (κ1) is 14.4. The number of amides is 2. The van der Waals surface area contributed by atoms with Crippen LogP contribution in [0.3, 0.4) is 0 Å². The summed E-state index contributed by atoms with van der Waals surface area (Å²) in [5.74, 6) is 0.622. The standard InChI is InChI=1S/C16H19ClN2O2/c1-11(20)18-6-8-19(9-7-18)16(21)14-10-13(14)12-4-2-3-5-15(12)17/h2-5,13-14H,6-10H2,1H3. The number of benzene rings is 1. The lowest BCUT2D eigenvalue weighted by Gasteiger charge is -2.34. The van der Waals surface area contributed by atoms with Crippen molar-refractivity contribution in [1.29, 1.82) is 0 Å². The molecule has 4 nitrogen and oxygen atoms in total. The minimum atomic E-state index is 0.0637. The predicted molar refractivity (Wildman–Crippen MR) is 81.1 cm³/mol. The number of carbonyl (C=O) groups excluding carboxylic acids is 2. The summed E-state index contributed by atoms with van der Waals surface area (Å²) in [6, 6.07) is 7.76. The number of hydrogen-bond acceptors (Lipinski definition) is 2. The van der Waals surface area contributed by atoms with E-state index in [2.05, 4.69) is 0 Å². The van der Waals surface area contributed by atoms with Gasteiger partial charge >= 0.3 is 0 Å². The summed E-state index contributed by atoms with van der Waals surface area (Å²) in [5, 5.41) is 0.749. The fourth-order valence-electron chi connectivity index (χ4n) is 3.06. The van der Waals surface area contributed by atoms with Gasteiger partial charge in [0.05, 0.1) is 0 Å². The molecule has 0 spiro atoms. The third-order valence-electron chi connectivity index (χ3n) is 4.45. The molecule has 1 saturated carbocycles. The maximum Gasteiger partial charge on any atom is 0.226 e. The second-order valence-electron chi connectivity index (χ2n) is 5.80. The maximum atomic E-state index is 12.5. The normalized spacial score (nSPS) is 24.9. The molecule has 0 N–H and O–H groups in total. The van der Waals surface area contributed by atoms with Crippen molar-refractivity contribution in [3.05, 3.63) is 34.9 Å². The van der Waals surface area contributed by atoms with E-state index in [0.717, 1.165) is 17.0 Å². The highest BCUT2D eigenvalue weighted by atomic mass is 35.5. The van der Waals surface area contributed by atoms with Crippen LogP contribution in [0.15, 0.2) is 24.3 Å². The highest BCUT2D eigenvalue weighted by molar-refractivity contribution is 6.31. The molecule has 0 radical (unpaired) electrons. The SMILES string of the molecule is CC(=O)N1CCN(C(=O)C2CC2c2ccccc2Cl)CC1. The molecule has 1 aromatic rings. The quantitative estimate of drug-likeness (QED) is 0.840. The minimum Gasteiger partial charge on any atom is -0.339 e. The van der Waals surface area contributed by atoms with Crippen molar-refractivity contribution in [2.24, 2.45) is 5.92 Å². The van der Waals surface area contributed by atoms with Crippen LogP contribution in [0.1, 0.15) is 24.8 Å². The van der Waals surface area contributed by atoms with E-state index in [4.69, 9.17) is 11.6 Å². The van der Waals surface area contributed by atoms with Gasteiger partial charge in [0.15, 0.2) is 0 Å². The maximum absolute atomic E-state index is 12.5. The number of rotatable bonds is 2. The Labute approximate surface area is 129 Å². The van der Waals surface area contributed by atoms with Crippen LogP contribution in [0.5, 0.6) is 0 Å². The van der Waals surface area contributed by atoms with Gasteiger partial charge in [-0.25, -0.2) is 0 Å². The fraction of sp³-hybridized carbons (Fsp3) is 0.500. The Kier molecular flexibility index (Phi) is 3.89. The van der Waals surface area contributed by atoms with Crippen molar-refractivity contribution in [3.63, 3.8) is 0 Å². The van der Waals surface area contributed by atoms with Crippen LogP contribution >= 0.6 is 11.6 Å². The molecule has 1 heterocycles. The van der Waals surface area contributed by atoms with Gasteiger partial charge in [0.2, 0.25) is 11.8 Å². The van der Waals surface area contributed by atoms with Crippen molar-refractivity contribution in [1.82, 2.24) is 9.80 Å². The molecule has 112 valence electrons. The molecule has 2 fully saturated rings. The van der Waals surface area contributed by atoms with Crippen LogP contribution in [0.4, 0.5) is 0 Å². The van der Waals surface area contributed by atoms with Gasteiger partial charge in [0.1, 0.15) is 0 Å². The highest BCUT2D eigenvalue weighted by Crippen LogP contribution is 2.50. The first-order chi connectivity index (χ1) is 10.1. The molecular weight excluding hydrogens is 288 g/mol. The van der Waals surface area contributed by atoms with Gasteiger partial charge in [0.25, 0.3) is 0 Å². The molecule has 2 atom stereocenters. The van der Waals surface area contributed by atoms with E-state index in [0.29, 0.717) is 26.2 Å². The van der Waals surface area contributed by atoms with E-state index in [1.54, 1.807) is 11.8 Å². The minimum absolute atomic E-state index is 0.0637. The summed E-state index contributed by atoms with van der Waals surface area (Å²) in [5.41, 5.74) is 1.08. The average Bonchev–Trinajstić information content (AvgIpc) is 3.27. The van der Waals surface area contributed by atoms with Crippen LogP contribution in [-0.4, -0.2) is 47.8 Å². The van der Waals surface area contributed by atoms with Gasteiger partial charge in [-0.2, -0.15) is 0 Å². The van der Waals surface area contributed by atoms with Crippen molar-refractivity contribution in [3.8, 4) is 0 Å². The zero-order chi connectivity index (χ0) is 15.0. The van der Waals surface area contributed by atoms with E-state index >= 15 is 0 Å². The van der Waals surface area contributed by atoms with Crippen molar-refractivity contribution >= 4 is 23.4 Å². The fourth-order valence-corrected chi connectivity index (χ4v) is 3.34. The smallest absolute Gasteiger partial charge is 0.226 e. The second kappa shape index (κ2) is 5.68. The molecule has 2 amide bonds. The van der Waals surface area contributed by atoms with Gasteiger partial charge in [-0.1, -0.05) is 29.8 Å². The highest BCUT2D eigenvalue weighted by Gasteiger charge is 2.46. The Morgan fingerprint density at radius 3 is 2.33 bits per heavy atom. The summed E-state index contributed by atoms with van der Waals surface area (Å²) in [6.07, 6.45) is 0.884. The molecule has 1 aromatic carbocycles. The number of halogens is 1. The molecule has 1 aliphatic heterocycles. The van der Waals surface area contributed by atoms with Gasteiger partial charge < -0.3 is 9.80 Å². The number of nitrogens with zero attached hydrogens (tertiary/aromatic N) is 2.